The van der Waals surface area contributed by atoms with Gasteiger partial charge in [-0.2, -0.15) is 0 Å². The minimum atomic E-state index is -0.355. The molecule has 0 saturated carbocycles. The number of amides is 1. The van der Waals surface area contributed by atoms with Crippen LogP contribution in [0.25, 0.3) is 21.5 Å². The molecule has 152 valence electrons. The third-order valence-electron chi connectivity index (χ3n) is 5.41. The Morgan fingerprint density at radius 1 is 1.20 bits per heavy atom. The van der Waals surface area contributed by atoms with E-state index in [9.17, 15) is 9.18 Å². The summed E-state index contributed by atoms with van der Waals surface area (Å²) in [5, 5.41) is 1.00. The Morgan fingerprint density at radius 2 is 2.03 bits per heavy atom. The molecule has 5 nitrogen and oxygen atoms in total. The molecule has 0 N–H and O–H groups in total. The Labute approximate surface area is 177 Å². The van der Waals surface area contributed by atoms with Crippen LogP contribution in [0.4, 0.5) is 4.39 Å². The highest BCUT2D eigenvalue weighted by atomic mass is 32.1. The van der Waals surface area contributed by atoms with Crippen molar-refractivity contribution in [1.82, 2.24) is 14.9 Å². The molecule has 7 heteroatoms. The zero-order valence-electron chi connectivity index (χ0n) is 16.3. The molecule has 1 aliphatic heterocycles. The molecule has 2 aromatic heterocycles. The quantitative estimate of drug-likeness (QED) is 0.434. The van der Waals surface area contributed by atoms with Gasteiger partial charge < -0.3 is 9.32 Å². The molecular weight excluding hydrogens is 401 g/mol. The lowest BCUT2D eigenvalue weighted by Crippen LogP contribution is -2.30. The molecule has 5 rings (SSSR count). The zero-order valence-corrected chi connectivity index (χ0v) is 17.1. The fourth-order valence-corrected chi connectivity index (χ4v) is 5.04. The lowest BCUT2D eigenvalue weighted by atomic mass is 10.2. The van der Waals surface area contributed by atoms with Crippen LogP contribution in [0.2, 0.25) is 0 Å². The highest BCUT2D eigenvalue weighted by Gasteiger charge is 2.32. The van der Waals surface area contributed by atoms with E-state index in [1.54, 1.807) is 29.5 Å². The molecule has 1 saturated heterocycles. The predicted molar refractivity (Wildman–Crippen MR) is 114 cm³/mol. The smallest absolute Gasteiger partial charge is 0.223 e. The summed E-state index contributed by atoms with van der Waals surface area (Å²) in [6, 6.07) is 14.5. The van der Waals surface area contributed by atoms with Gasteiger partial charge in [-0.05, 0) is 37.1 Å². The first-order chi connectivity index (χ1) is 14.7. The maximum absolute atomic E-state index is 13.9. The van der Waals surface area contributed by atoms with Crippen molar-refractivity contribution in [3.05, 3.63) is 71.4 Å². The fourth-order valence-electron chi connectivity index (χ4n) is 3.92. The topological polar surface area (TPSA) is 59.2 Å². The third kappa shape index (κ3) is 3.61. The first-order valence-electron chi connectivity index (χ1n) is 10.0. The molecule has 1 aliphatic rings. The van der Waals surface area contributed by atoms with Crippen molar-refractivity contribution in [3.63, 3.8) is 0 Å². The van der Waals surface area contributed by atoms with E-state index in [0.29, 0.717) is 30.1 Å². The summed E-state index contributed by atoms with van der Waals surface area (Å²) < 4.78 is 20.8. The van der Waals surface area contributed by atoms with Gasteiger partial charge in [-0.1, -0.05) is 24.3 Å². The van der Waals surface area contributed by atoms with Crippen molar-refractivity contribution in [2.45, 2.75) is 31.7 Å². The van der Waals surface area contributed by atoms with Gasteiger partial charge >= 0.3 is 0 Å². The van der Waals surface area contributed by atoms with Gasteiger partial charge in [0.2, 0.25) is 5.91 Å². The van der Waals surface area contributed by atoms with Gasteiger partial charge in [-0.3, -0.25) is 4.79 Å². The zero-order chi connectivity index (χ0) is 20.5. The predicted octanol–water partition coefficient (Wildman–Crippen LogP) is 5.39. The Kier molecular flexibility index (Phi) is 5.04. The Morgan fingerprint density at radius 3 is 2.90 bits per heavy atom. The molecule has 3 heterocycles. The lowest BCUT2D eigenvalue weighted by molar-refractivity contribution is -0.132. The van der Waals surface area contributed by atoms with Crippen LogP contribution in [0.1, 0.15) is 36.2 Å². The van der Waals surface area contributed by atoms with E-state index in [1.165, 1.54) is 12.3 Å². The van der Waals surface area contributed by atoms with Crippen LogP contribution < -0.4 is 0 Å². The van der Waals surface area contributed by atoms with Crippen LogP contribution in [-0.4, -0.2) is 27.3 Å². The Hall–Kier alpha value is -3.06. The molecule has 1 amide bonds. The summed E-state index contributed by atoms with van der Waals surface area (Å²) >= 11 is 1.66. The van der Waals surface area contributed by atoms with E-state index < -0.39 is 0 Å². The van der Waals surface area contributed by atoms with E-state index in [1.807, 2.05) is 23.1 Å². The molecule has 0 spiro atoms. The van der Waals surface area contributed by atoms with Crippen molar-refractivity contribution in [3.8, 4) is 11.3 Å². The molecule has 1 atom stereocenters. The van der Waals surface area contributed by atoms with E-state index in [0.717, 1.165) is 34.6 Å². The molecule has 2 aromatic carbocycles. The number of nitrogens with zero attached hydrogens (tertiary/aromatic N) is 3. The largest absolute Gasteiger partial charge is 0.441 e. The van der Waals surface area contributed by atoms with E-state index in [2.05, 4.69) is 11.1 Å². The van der Waals surface area contributed by atoms with Gasteiger partial charge in [0.15, 0.2) is 11.7 Å². The molecule has 30 heavy (non-hydrogen) atoms. The van der Waals surface area contributed by atoms with E-state index in [-0.39, 0.29) is 17.8 Å². The van der Waals surface area contributed by atoms with Gasteiger partial charge in [-0.25, -0.2) is 14.4 Å². The maximum Gasteiger partial charge on any atom is 0.223 e. The van der Waals surface area contributed by atoms with E-state index >= 15 is 0 Å². The summed E-state index contributed by atoms with van der Waals surface area (Å²) in [5.41, 5.74) is 1.36. The van der Waals surface area contributed by atoms with Gasteiger partial charge in [0.05, 0.1) is 28.0 Å². The van der Waals surface area contributed by atoms with Crippen molar-refractivity contribution in [1.29, 1.82) is 0 Å². The molecule has 0 bridgehead atoms. The molecule has 0 unspecified atom stereocenters. The second-order valence-electron chi connectivity index (χ2n) is 7.36. The number of para-hydroxylation sites is 1. The van der Waals surface area contributed by atoms with Crippen molar-refractivity contribution in [2.75, 3.05) is 6.54 Å². The van der Waals surface area contributed by atoms with Gasteiger partial charge in [0.25, 0.3) is 0 Å². The second-order valence-corrected chi connectivity index (χ2v) is 8.43. The normalized spacial score (nSPS) is 16.4. The van der Waals surface area contributed by atoms with E-state index in [4.69, 9.17) is 9.40 Å². The number of aryl methyl sites for hydroxylation is 1. The van der Waals surface area contributed by atoms with Crippen molar-refractivity contribution >= 4 is 27.5 Å². The molecule has 0 aliphatic carbocycles. The first-order valence-corrected chi connectivity index (χ1v) is 10.9. The number of hydrogen-bond donors (Lipinski definition) is 0. The van der Waals surface area contributed by atoms with Crippen LogP contribution in [-0.2, 0) is 11.2 Å². The number of carbonyl (C=O) groups excluding carboxylic acids is 1. The average molecular weight is 421 g/mol. The molecule has 1 fully saturated rings. The average Bonchev–Trinajstić information content (AvgIpc) is 3.51. The number of benzene rings is 2. The summed E-state index contributed by atoms with van der Waals surface area (Å²) in [7, 11) is 0. The summed E-state index contributed by atoms with van der Waals surface area (Å²) in [6.45, 7) is 0.742. The molecule has 4 aromatic rings. The Bertz CT molecular complexity index is 1170. The Balaban J connectivity index is 1.27. The number of carbonyl (C=O) groups is 1. The first kappa shape index (κ1) is 18.9. The summed E-state index contributed by atoms with van der Waals surface area (Å²) in [5.74, 6) is 0.538. The minimum absolute atomic E-state index is 0.0356. The van der Waals surface area contributed by atoms with Crippen LogP contribution in [0.5, 0.6) is 0 Å². The number of rotatable bonds is 5. The van der Waals surface area contributed by atoms with Crippen LogP contribution in [0.15, 0.2) is 59.1 Å². The molecular formula is C23H20FN3O2S. The maximum atomic E-state index is 13.9. The number of hydrogen-bond acceptors (Lipinski definition) is 5. The second kappa shape index (κ2) is 7.99. The number of aromatic nitrogens is 2. The monoisotopic (exact) mass is 421 g/mol. The van der Waals surface area contributed by atoms with Crippen molar-refractivity contribution < 1.29 is 13.6 Å². The van der Waals surface area contributed by atoms with Crippen LogP contribution in [0, 0.1) is 5.82 Å². The number of halogens is 1. The number of oxazole rings is 1. The van der Waals surface area contributed by atoms with Crippen LogP contribution >= 0.6 is 11.3 Å². The summed E-state index contributed by atoms with van der Waals surface area (Å²) in [6.07, 6.45) is 4.11. The summed E-state index contributed by atoms with van der Waals surface area (Å²) in [4.78, 5) is 23.8. The van der Waals surface area contributed by atoms with Gasteiger partial charge in [0, 0.05) is 19.4 Å². The van der Waals surface area contributed by atoms with Crippen molar-refractivity contribution in [2.24, 2.45) is 0 Å². The van der Waals surface area contributed by atoms with Crippen LogP contribution in [0.3, 0.4) is 0 Å². The molecule has 0 radical (unpaired) electrons. The SMILES string of the molecule is O=C(CCc1ncc(-c2ccccc2F)o1)N1CCC[C@H]1c1nc2ccccc2s1. The fraction of sp³-hybridized carbons (Fsp3) is 0.261. The highest BCUT2D eigenvalue weighted by molar-refractivity contribution is 7.18. The standard InChI is InChI=1S/C23H20FN3O2S/c24-16-7-2-1-6-15(16)19-14-25-21(29-19)11-12-22(28)27-13-5-9-18(27)23-26-17-8-3-4-10-20(17)30-23/h1-4,6-8,10,14,18H,5,9,11-13H2/t18-/m0/s1. The highest BCUT2D eigenvalue weighted by Crippen LogP contribution is 2.36. The minimum Gasteiger partial charge on any atom is -0.441 e. The van der Waals surface area contributed by atoms with Gasteiger partial charge in [0.1, 0.15) is 10.8 Å². The number of thiazole rings is 1. The third-order valence-corrected chi connectivity index (χ3v) is 6.55. The number of likely N-dealkylation sites (tertiary alicyclic amines) is 1. The van der Waals surface area contributed by atoms with Gasteiger partial charge in [-0.15, -0.1) is 11.3 Å². The number of fused-ring (bicyclic) bond motifs is 1. The lowest BCUT2D eigenvalue weighted by Gasteiger charge is -2.22.